The molecule has 1 aromatic carbocycles. The first-order valence-electron chi connectivity index (χ1n) is 6.93. The molecule has 1 rings (SSSR count). The monoisotopic (exact) mass is 263 g/mol. The molecular weight excluding hydrogens is 238 g/mol. The number of hydrogen-bond donors (Lipinski definition) is 1. The van der Waals surface area contributed by atoms with Crippen LogP contribution in [0, 0.1) is 19.3 Å². The van der Waals surface area contributed by atoms with Gasteiger partial charge in [-0.3, -0.25) is 4.79 Å². The normalized spacial score (nSPS) is 13.9. The number of rotatable bonds is 6. The zero-order valence-corrected chi connectivity index (χ0v) is 12.5. The van der Waals surface area contributed by atoms with Crippen molar-refractivity contribution < 1.29 is 9.53 Å². The Hall–Kier alpha value is -1.35. The summed E-state index contributed by atoms with van der Waals surface area (Å²) in [7, 11) is 0. The summed E-state index contributed by atoms with van der Waals surface area (Å²) < 4.78 is 5.22. The lowest BCUT2D eigenvalue weighted by molar-refractivity contribution is -0.155. The minimum atomic E-state index is -0.604. The fraction of sp³-hybridized carbons (Fsp3) is 0.562. The number of ether oxygens (including phenoxy) is 1. The molecule has 0 spiro atoms. The summed E-state index contributed by atoms with van der Waals surface area (Å²) in [5.74, 6) is -0.178. The third-order valence-electron chi connectivity index (χ3n) is 3.94. The van der Waals surface area contributed by atoms with E-state index in [1.165, 1.54) is 16.7 Å². The lowest BCUT2D eigenvalue weighted by Gasteiger charge is -2.30. The van der Waals surface area contributed by atoms with Crippen molar-refractivity contribution >= 4 is 5.97 Å². The van der Waals surface area contributed by atoms with Gasteiger partial charge in [-0.15, -0.1) is 0 Å². The summed E-state index contributed by atoms with van der Waals surface area (Å²) in [6.45, 7) is 8.68. The third kappa shape index (κ3) is 3.35. The molecule has 0 aromatic heterocycles. The maximum Gasteiger partial charge on any atom is 0.313 e. The summed E-state index contributed by atoms with van der Waals surface area (Å²) in [4.78, 5) is 12.3. The van der Waals surface area contributed by atoms with Gasteiger partial charge in [0.25, 0.3) is 0 Å². The van der Waals surface area contributed by atoms with Gasteiger partial charge in [0.05, 0.1) is 12.0 Å². The van der Waals surface area contributed by atoms with Crippen molar-refractivity contribution in [3.63, 3.8) is 0 Å². The first-order chi connectivity index (χ1) is 9.00. The maximum absolute atomic E-state index is 12.3. The molecule has 2 N–H and O–H groups in total. The molecule has 106 valence electrons. The molecule has 1 aromatic rings. The van der Waals surface area contributed by atoms with Gasteiger partial charge in [-0.2, -0.15) is 0 Å². The summed E-state index contributed by atoms with van der Waals surface area (Å²) in [5, 5.41) is 0. The number of carbonyl (C=O) groups excluding carboxylic acids is 1. The standard InChI is InChI=1S/C16H25NO2/c1-5-16(11-17,15(18)19-6-2)10-14-12(3)8-7-9-13(14)4/h7-9H,5-6,10-11,17H2,1-4H3. The van der Waals surface area contributed by atoms with Gasteiger partial charge in [0.1, 0.15) is 0 Å². The summed E-state index contributed by atoms with van der Waals surface area (Å²) in [5.41, 5.74) is 8.91. The van der Waals surface area contributed by atoms with Gasteiger partial charge in [0.15, 0.2) is 0 Å². The number of benzene rings is 1. The summed E-state index contributed by atoms with van der Waals surface area (Å²) in [6.07, 6.45) is 1.34. The molecule has 1 atom stereocenters. The van der Waals surface area contributed by atoms with E-state index in [1.54, 1.807) is 0 Å². The van der Waals surface area contributed by atoms with Crippen LogP contribution in [0.3, 0.4) is 0 Å². The Labute approximate surface area is 116 Å². The van der Waals surface area contributed by atoms with Gasteiger partial charge in [0, 0.05) is 6.54 Å². The molecule has 0 radical (unpaired) electrons. The van der Waals surface area contributed by atoms with E-state index in [1.807, 2.05) is 19.9 Å². The molecule has 0 fully saturated rings. The second-order valence-electron chi connectivity index (χ2n) is 5.11. The number of nitrogens with two attached hydrogens (primary N) is 1. The lowest BCUT2D eigenvalue weighted by Crippen LogP contribution is -2.41. The number of hydrogen-bond acceptors (Lipinski definition) is 3. The molecule has 0 amide bonds. The molecule has 0 aliphatic heterocycles. The van der Waals surface area contributed by atoms with Gasteiger partial charge in [-0.1, -0.05) is 25.1 Å². The van der Waals surface area contributed by atoms with E-state index in [9.17, 15) is 4.79 Å². The van der Waals surface area contributed by atoms with Crippen LogP contribution in [0.25, 0.3) is 0 Å². The Morgan fingerprint density at radius 1 is 1.26 bits per heavy atom. The highest BCUT2D eigenvalue weighted by atomic mass is 16.5. The Morgan fingerprint density at radius 2 is 1.84 bits per heavy atom. The Morgan fingerprint density at radius 3 is 2.26 bits per heavy atom. The molecule has 1 unspecified atom stereocenters. The Kier molecular flexibility index (Phi) is 5.55. The minimum Gasteiger partial charge on any atom is -0.466 e. The van der Waals surface area contributed by atoms with Crippen LogP contribution in [-0.4, -0.2) is 19.1 Å². The smallest absolute Gasteiger partial charge is 0.313 e. The lowest BCUT2D eigenvalue weighted by atomic mass is 9.77. The van der Waals surface area contributed by atoms with Gasteiger partial charge in [0.2, 0.25) is 0 Å². The fourth-order valence-corrected chi connectivity index (χ4v) is 2.39. The topological polar surface area (TPSA) is 52.3 Å². The van der Waals surface area contributed by atoms with Crippen molar-refractivity contribution in [3.05, 3.63) is 34.9 Å². The average Bonchev–Trinajstić information content (AvgIpc) is 2.39. The first kappa shape index (κ1) is 15.7. The van der Waals surface area contributed by atoms with Gasteiger partial charge < -0.3 is 10.5 Å². The molecule has 0 heterocycles. The molecule has 0 bridgehead atoms. The van der Waals surface area contributed by atoms with Crippen LogP contribution in [-0.2, 0) is 16.0 Å². The zero-order chi connectivity index (χ0) is 14.5. The predicted octanol–water partition coefficient (Wildman–Crippen LogP) is 2.76. The third-order valence-corrected chi connectivity index (χ3v) is 3.94. The van der Waals surface area contributed by atoms with E-state index in [2.05, 4.69) is 26.0 Å². The molecule has 0 aliphatic carbocycles. The average molecular weight is 263 g/mol. The second-order valence-corrected chi connectivity index (χ2v) is 5.11. The van der Waals surface area contributed by atoms with E-state index < -0.39 is 5.41 Å². The highest BCUT2D eigenvalue weighted by Gasteiger charge is 2.37. The van der Waals surface area contributed by atoms with Crippen molar-refractivity contribution in [1.82, 2.24) is 0 Å². The number of esters is 1. The van der Waals surface area contributed by atoms with Crippen molar-refractivity contribution in [1.29, 1.82) is 0 Å². The largest absolute Gasteiger partial charge is 0.466 e. The molecule has 19 heavy (non-hydrogen) atoms. The van der Waals surface area contributed by atoms with E-state index >= 15 is 0 Å². The fourth-order valence-electron chi connectivity index (χ4n) is 2.39. The maximum atomic E-state index is 12.3. The van der Waals surface area contributed by atoms with Crippen LogP contribution in [0.5, 0.6) is 0 Å². The van der Waals surface area contributed by atoms with Crippen LogP contribution >= 0.6 is 0 Å². The van der Waals surface area contributed by atoms with E-state index in [4.69, 9.17) is 10.5 Å². The van der Waals surface area contributed by atoms with Crippen LogP contribution in [0.2, 0.25) is 0 Å². The highest BCUT2D eigenvalue weighted by molar-refractivity contribution is 5.77. The van der Waals surface area contributed by atoms with Gasteiger partial charge in [-0.05, 0) is 50.3 Å². The second kappa shape index (κ2) is 6.71. The highest BCUT2D eigenvalue weighted by Crippen LogP contribution is 2.30. The number of aryl methyl sites for hydroxylation is 2. The van der Waals surface area contributed by atoms with Gasteiger partial charge in [-0.25, -0.2) is 0 Å². The van der Waals surface area contributed by atoms with Crippen LogP contribution in [0.4, 0.5) is 0 Å². The number of carbonyl (C=O) groups is 1. The molecule has 0 aliphatic rings. The van der Waals surface area contributed by atoms with Crippen molar-refractivity contribution in [2.45, 2.75) is 40.5 Å². The van der Waals surface area contributed by atoms with E-state index in [0.29, 0.717) is 26.0 Å². The van der Waals surface area contributed by atoms with E-state index in [0.717, 1.165) is 0 Å². The quantitative estimate of drug-likeness (QED) is 0.803. The summed E-state index contributed by atoms with van der Waals surface area (Å²) in [6, 6.07) is 6.18. The van der Waals surface area contributed by atoms with Crippen molar-refractivity contribution in [2.75, 3.05) is 13.2 Å². The predicted molar refractivity (Wildman–Crippen MR) is 78.0 cm³/mol. The van der Waals surface area contributed by atoms with Crippen LogP contribution in [0.1, 0.15) is 37.0 Å². The molecule has 0 saturated heterocycles. The Balaban J connectivity index is 3.11. The van der Waals surface area contributed by atoms with Crippen LogP contribution < -0.4 is 5.73 Å². The molecule has 3 heteroatoms. The Bertz CT molecular complexity index is 416. The first-order valence-corrected chi connectivity index (χ1v) is 6.93. The molecule has 3 nitrogen and oxygen atoms in total. The molecular formula is C16H25NO2. The van der Waals surface area contributed by atoms with Crippen LogP contribution in [0.15, 0.2) is 18.2 Å². The SMILES string of the molecule is CCOC(=O)C(CC)(CN)Cc1c(C)cccc1C. The van der Waals surface area contributed by atoms with E-state index in [-0.39, 0.29) is 5.97 Å². The van der Waals surface area contributed by atoms with Gasteiger partial charge >= 0.3 is 5.97 Å². The zero-order valence-electron chi connectivity index (χ0n) is 12.5. The van der Waals surface area contributed by atoms with Crippen molar-refractivity contribution in [2.24, 2.45) is 11.1 Å². The minimum absolute atomic E-state index is 0.178. The van der Waals surface area contributed by atoms with Crippen molar-refractivity contribution in [3.8, 4) is 0 Å². The molecule has 0 saturated carbocycles. The summed E-state index contributed by atoms with van der Waals surface area (Å²) >= 11 is 0.